The lowest BCUT2D eigenvalue weighted by Gasteiger charge is -2.24. The van der Waals surface area contributed by atoms with Gasteiger partial charge in [-0.2, -0.15) is 5.10 Å². The molecule has 1 aliphatic rings. The zero-order valence-electron chi connectivity index (χ0n) is 22.8. The molecule has 0 N–H and O–H groups in total. The molecule has 0 aliphatic heterocycles. The van der Waals surface area contributed by atoms with Crippen LogP contribution in [-0.4, -0.2) is 72.8 Å². The maximum Gasteiger partial charge on any atom is 0.357 e. The summed E-state index contributed by atoms with van der Waals surface area (Å²) in [6.07, 6.45) is 5.22. The van der Waals surface area contributed by atoms with Crippen LogP contribution in [0.1, 0.15) is 48.3 Å². The molecule has 1 fully saturated rings. The number of carbonyl (C=O) groups is 1. The summed E-state index contributed by atoms with van der Waals surface area (Å²) in [5, 5.41) is 6.03. The Morgan fingerprint density at radius 2 is 1.79 bits per heavy atom. The Morgan fingerprint density at radius 3 is 2.38 bits per heavy atom. The predicted molar refractivity (Wildman–Crippen MR) is 151 cm³/mol. The molecule has 1 aliphatic carbocycles. The van der Waals surface area contributed by atoms with Crippen molar-refractivity contribution in [3.63, 3.8) is 0 Å². The fourth-order valence-corrected chi connectivity index (χ4v) is 4.87. The molecule has 0 amide bonds. The molecule has 204 valence electrons. The largest absolute Gasteiger partial charge is 0.461 e. The van der Waals surface area contributed by atoms with Gasteiger partial charge in [-0.1, -0.05) is 24.6 Å². The van der Waals surface area contributed by atoms with Gasteiger partial charge in [-0.15, -0.1) is 0 Å². The minimum absolute atomic E-state index is 0.252. The summed E-state index contributed by atoms with van der Waals surface area (Å²) >= 11 is 0. The molecule has 1 saturated carbocycles. The average molecular weight is 530 g/mol. The van der Waals surface area contributed by atoms with E-state index in [1.54, 1.807) is 21.1 Å². The van der Waals surface area contributed by atoms with E-state index in [1.807, 2.05) is 59.4 Å². The molecule has 0 saturated heterocycles. The third kappa shape index (κ3) is 5.65. The van der Waals surface area contributed by atoms with Gasteiger partial charge in [0, 0.05) is 45.0 Å². The number of ether oxygens (including phenoxy) is 3. The Kier molecular flexibility index (Phi) is 8.48. The highest BCUT2D eigenvalue weighted by Gasteiger charge is 2.29. The topological polar surface area (TPSA) is 91.6 Å². The number of nitrogens with zero attached hydrogens (tertiary/aromatic N) is 5. The van der Waals surface area contributed by atoms with E-state index in [4.69, 9.17) is 29.3 Å². The summed E-state index contributed by atoms with van der Waals surface area (Å²) in [7, 11) is 3.38. The van der Waals surface area contributed by atoms with E-state index in [9.17, 15) is 4.79 Å². The van der Waals surface area contributed by atoms with Crippen LogP contribution < -0.4 is 4.90 Å². The summed E-state index contributed by atoms with van der Waals surface area (Å²) in [6, 6.07) is 15.8. The van der Waals surface area contributed by atoms with Gasteiger partial charge in [-0.25, -0.2) is 19.4 Å². The molecule has 0 radical (unpaired) electrons. The van der Waals surface area contributed by atoms with E-state index in [0.717, 1.165) is 46.6 Å². The summed E-state index contributed by atoms with van der Waals surface area (Å²) in [4.78, 5) is 24.7. The van der Waals surface area contributed by atoms with Crippen molar-refractivity contribution in [2.75, 3.05) is 52.0 Å². The molecule has 4 aromatic rings. The van der Waals surface area contributed by atoms with Gasteiger partial charge < -0.3 is 19.1 Å². The van der Waals surface area contributed by atoms with E-state index >= 15 is 0 Å². The Labute approximate surface area is 228 Å². The molecule has 39 heavy (non-hydrogen) atoms. The van der Waals surface area contributed by atoms with Crippen molar-refractivity contribution >= 4 is 22.8 Å². The monoisotopic (exact) mass is 529 g/mol. The molecule has 3 heterocycles. The number of para-hydroxylation sites is 1. The molecule has 9 heteroatoms. The van der Waals surface area contributed by atoms with Crippen molar-refractivity contribution in [3.8, 4) is 16.8 Å². The SMILES string of the molecule is CCOC(=O)c1cc(-c2ccc(N(CCOC)CCOC)nc2)c2c(C3CCC3)nn(-c3ccccc3)c2n1. The Bertz CT molecular complexity index is 1390. The first-order chi connectivity index (χ1) is 19.1. The van der Waals surface area contributed by atoms with E-state index in [0.29, 0.717) is 37.9 Å². The second-order valence-electron chi connectivity index (χ2n) is 9.61. The lowest BCUT2D eigenvalue weighted by molar-refractivity contribution is 0.0520. The zero-order valence-corrected chi connectivity index (χ0v) is 22.8. The van der Waals surface area contributed by atoms with Crippen LogP contribution in [0.3, 0.4) is 0 Å². The van der Waals surface area contributed by atoms with Crippen LogP contribution >= 0.6 is 0 Å². The Morgan fingerprint density at radius 1 is 1.05 bits per heavy atom. The van der Waals surface area contributed by atoms with Gasteiger partial charge in [0.1, 0.15) is 5.82 Å². The number of esters is 1. The van der Waals surface area contributed by atoms with Crippen molar-refractivity contribution in [1.82, 2.24) is 19.7 Å². The lowest BCUT2D eigenvalue weighted by Crippen LogP contribution is -2.31. The molecule has 3 aromatic heterocycles. The molecule has 0 spiro atoms. The fraction of sp³-hybridized carbons (Fsp3) is 0.400. The van der Waals surface area contributed by atoms with Crippen LogP contribution in [0.5, 0.6) is 0 Å². The highest BCUT2D eigenvalue weighted by molar-refractivity contribution is 6.00. The van der Waals surface area contributed by atoms with E-state index in [1.165, 1.54) is 6.42 Å². The van der Waals surface area contributed by atoms with Crippen LogP contribution in [0.25, 0.3) is 27.8 Å². The third-order valence-corrected chi connectivity index (χ3v) is 7.16. The molecule has 9 nitrogen and oxygen atoms in total. The highest BCUT2D eigenvalue weighted by atomic mass is 16.5. The van der Waals surface area contributed by atoms with Gasteiger partial charge in [0.2, 0.25) is 0 Å². The number of rotatable bonds is 12. The smallest absolute Gasteiger partial charge is 0.357 e. The molecule has 0 unspecified atom stereocenters. The predicted octanol–water partition coefficient (Wildman–Crippen LogP) is 5.03. The van der Waals surface area contributed by atoms with Crippen molar-refractivity contribution in [2.24, 2.45) is 0 Å². The number of aromatic nitrogens is 4. The second-order valence-corrected chi connectivity index (χ2v) is 9.61. The first-order valence-corrected chi connectivity index (χ1v) is 13.5. The number of pyridine rings is 2. The van der Waals surface area contributed by atoms with E-state index in [-0.39, 0.29) is 12.3 Å². The van der Waals surface area contributed by atoms with Crippen LogP contribution in [0.2, 0.25) is 0 Å². The first-order valence-electron chi connectivity index (χ1n) is 13.5. The number of hydrogen-bond acceptors (Lipinski definition) is 8. The fourth-order valence-electron chi connectivity index (χ4n) is 4.87. The van der Waals surface area contributed by atoms with Crippen molar-refractivity contribution in [1.29, 1.82) is 0 Å². The van der Waals surface area contributed by atoms with Crippen LogP contribution in [0.15, 0.2) is 54.7 Å². The van der Waals surface area contributed by atoms with Crippen LogP contribution in [-0.2, 0) is 14.2 Å². The number of methoxy groups -OCH3 is 2. The van der Waals surface area contributed by atoms with E-state index in [2.05, 4.69) is 4.90 Å². The molecule has 0 bridgehead atoms. The van der Waals surface area contributed by atoms with Gasteiger partial charge in [-0.05, 0) is 55.7 Å². The van der Waals surface area contributed by atoms with Crippen molar-refractivity contribution < 1.29 is 19.0 Å². The third-order valence-electron chi connectivity index (χ3n) is 7.16. The summed E-state index contributed by atoms with van der Waals surface area (Å²) in [6.45, 7) is 4.65. The minimum Gasteiger partial charge on any atom is -0.461 e. The van der Waals surface area contributed by atoms with Crippen molar-refractivity contribution in [2.45, 2.75) is 32.1 Å². The number of hydrogen-bond donors (Lipinski definition) is 0. The second kappa shape index (κ2) is 12.4. The van der Waals surface area contributed by atoms with E-state index < -0.39 is 5.97 Å². The Balaban J connectivity index is 1.66. The van der Waals surface area contributed by atoms with Gasteiger partial charge in [-0.3, -0.25) is 0 Å². The Hall–Kier alpha value is -3.82. The van der Waals surface area contributed by atoms with Crippen LogP contribution in [0.4, 0.5) is 5.82 Å². The summed E-state index contributed by atoms with van der Waals surface area (Å²) in [5.41, 5.74) is 4.59. The number of anilines is 1. The van der Waals surface area contributed by atoms with Gasteiger partial charge in [0.15, 0.2) is 11.3 Å². The van der Waals surface area contributed by atoms with Gasteiger partial charge in [0.05, 0.1) is 36.6 Å². The molecular weight excluding hydrogens is 494 g/mol. The minimum atomic E-state index is -0.457. The molecular formula is C30H35N5O4. The quantitative estimate of drug-likeness (QED) is 0.236. The number of carbonyl (C=O) groups excluding carboxylic acids is 1. The highest BCUT2D eigenvalue weighted by Crippen LogP contribution is 2.42. The molecule has 0 atom stereocenters. The normalized spacial score (nSPS) is 13.4. The van der Waals surface area contributed by atoms with Crippen LogP contribution in [0, 0.1) is 0 Å². The maximum atomic E-state index is 12.9. The van der Waals surface area contributed by atoms with Crippen molar-refractivity contribution in [3.05, 3.63) is 66.1 Å². The van der Waals surface area contributed by atoms with Gasteiger partial charge >= 0.3 is 5.97 Å². The molecule has 5 rings (SSSR count). The number of fused-ring (bicyclic) bond motifs is 1. The zero-order chi connectivity index (χ0) is 27.2. The average Bonchev–Trinajstić information content (AvgIpc) is 3.31. The summed E-state index contributed by atoms with van der Waals surface area (Å²) in [5.74, 6) is 0.738. The first kappa shape index (κ1) is 26.8. The lowest BCUT2D eigenvalue weighted by atomic mass is 9.81. The maximum absolute atomic E-state index is 12.9. The standard InChI is InChI=1S/C30H35N5O4/c1-4-39-30(36)25-19-24(22-13-14-26(31-20-22)34(15-17-37-2)16-18-38-3)27-28(21-9-8-10-21)33-35(29(27)32-25)23-11-6-5-7-12-23/h5-7,11-14,19-21H,4,8-10,15-18H2,1-3H3. The number of benzene rings is 1. The van der Waals surface area contributed by atoms with Gasteiger partial charge in [0.25, 0.3) is 0 Å². The molecule has 1 aromatic carbocycles. The summed E-state index contributed by atoms with van der Waals surface area (Å²) < 4.78 is 17.8.